The summed E-state index contributed by atoms with van der Waals surface area (Å²) in [6.45, 7) is 5.40. The number of hydrogen-bond donors (Lipinski definition) is 2. The summed E-state index contributed by atoms with van der Waals surface area (Å²) in [6.07, 6.45) is 1.25. The predicted octanol–water partition coefficient (Wildman–Crippen LogP) is 1.57. The molecule has 1 aromatic heterocycles. The molecule has 0 aromatic carbocycles. The maximum atomic E-state index is 11.8. The molecule has 0 radical (unpaired) electrons. The number of rotatable bonds is 4. The fourth-order valence-electron chi connectivity index (χ4n) is 1.38. The van der Waals surface area contributed by atoms with E-state index in [2.05, 4.69) is 9.71 Å². The monoisotopic (exact) mass is 272 g/mol. The number of pyridine rings is 1. The molecule has 0 aliphatic heterocycles. The molecule has 1 aromatic rings. The second-order valence-corrected chi connectivity index (χ2v) is 6.88. The Bertz CT molecular complexity index is 546. The van der Waals surface area contributed by atoms with Crippen molar-refractivity contribution in [2.75, 3.05) is 10.5 Å². The highest BCUT2D eigenvalue weighted by atomic mass is 32.2. The van der Waals surface area contributed by atoms with Gasteiger partial charge in [-0.1, -0.05) is 20.8 Å². The number of aromatic nitrogens is 1. The van der Waals surface area contributed by atoms with E-state index in [9.17, 15) is 13.2 Å². The summed E-state index contributed by atoms with van der Waals surface area (Å²) < 4.78 is 25.9. The highest BCUT2D eigenvalue weighted by Crippen LogP contribution is 2.18. The van der Waals surface area contributed by atoms with E-state index in [1.54, 1.807) is 20.8 Å². The van der Waals surface area contributed by atoms with Crippen LogP contribution in [-0.2, 0) is 10.0 Å². The van der Waals surface area contributed by atoms with Crippen molar-refractivity contribution in [3.8, 4) is 0 Å². The van der Waals surface area contributed by atoms with Crippen molar-refractivity contribution >= 4 is 21.8 Å². The Balaban J connectivity index is 2.91. The second-order valence-electron chi connectivity index (χ2n) is 5.16. The third-order valence-corrected chi connectivity index (χ3v) is 3.66. The lowest BCUT2D eigenvalue weighted by Crippen LogP contribution is -2.26. The van der Waals surface area contributed by atoms with Crippen LogP contribution in [0.3, 0.4) is 0 Å². The van der Waals surface area contributed by atoms with Crippen LogP contribution in [0.5, 0.6) is 0 Å². The molecule has 0 fully saturated rings. The molecule has 1 rings (SSSR count). The van der Waals surface area contributed by atoms with E-state index < -0.39 is 21.4 Å². The van der Waals surface area contributed by atoms with E-state index in [-0.39, 0.29) is 17.1 Å². The van der Waals surface area contributed by atoms with Gasteiger partial charge in [0.15, 0.2) is 0 Å². The minimum absolute atomic E-state index is 0.0131. The zero-order chi connectivity index (χ0) is 14.0. The van der Waals surface area contributed by atoms with Crippen molar-refractivity contribution in [3.63, 3.8) is 0 Å². The minimum atomic E-state index is -3.54. The van der Waals surface area contributed by atoms with Crippen molar-refractivity contribution < 1.29 is 18.3 Å². The van der Waals surface area contributed by atoms with Crippen LogP contribution in [0.4, 0.5) is 5.82 Å². The fourth-order valence-corrected chi connectivity index (χ4v) is 3.03. The topological polar surface area (TPSA) is 96.4 Å². The maximum Gasteiger partial charge on any atom is 0.335 e. The van der Waals surface area contributed by atoms with Gasteiger partial charge in [0.2, 0.25) is 10.0 Å². The molecule has 0 aliphatic carbocycles. The minimum Gasteiger partial charge on any atom is -0.478 e. The first kappa shape index (κ1) is 14.4. The third-order valence-electron chi connectivity index (χ3n) is 1.89. The molecule has 0 unspecified atom stereocenters. The Morgan fingerprint density at radius 1 is 1.44 bits per heavy atom. The van der Waals surface area contributed by atoms with Crippen LogP contribution in [0, 0.1) is 5.41 Å². The number of nitrogens with zero attached hydrogens (tertiary/aromatic N) is 1. The van der Waals surface area contributed by atoms with E-state index in [4.69, 9.17) is 5.11 Å². The Morgan fingerprint density at radius 3 is 2.56 bits per heavy atom. The van der Waals surface area contributed by atoms with Crippen LogP contribution >= 0.6 is 0 Å². The summed E-state index contributed by atoms with van der Waals surface area (Å²) >= 11 is 0. The largest absolute Gasteiger partial charge is 0.478 e. The summed E-state index contributed by atoms with van der Waals surface area (Å²) in [5.74, 6) is -1.19. The number of carboxylic acids is 1. The predicted molar refractivity (Wildman–Crippen MR) is 68.1 cm³/mol. The Hall–Kier alpha value is -1.63. The molecule has 2 N–H and O–H groups in total. The number of carboxylic acid groups (broad SMARTS) is 1. The lowest BCUT2D eigenvalue weighted by atomic mass is 10.0. The SMILES string of the molecule is CC(C)(C)CS(=O)(=O)Nc1cc(C(=O)O)ccn1. The first-order valence-corrected chi connectivity index (χ1v) is 6.94. The van der Waals surface area contributed by atoms with Gasteiger partial charge in [-0.3, -0.25) is 4.72 Å². The van der Waals surface area contributed by atoms with E-state index >= 15 is 0 Å². The number of aromatic carboxylic acids is 1. The molecule has 0 atom stereocenters. The summed E-state index contributed by atoms with van der Waals surface area (Å²) in [5, 5.41) is 8.79. The third kappa shape index (κ3) is 4.70. The van der Waals surface area contributed by atoms with Gasteiger partial charge in [0.05, 0.1) is 11.3 Å². The molecule has 100 valence electrons. The standard InChI is InChI=1S/C11H16N2O4S/c1-11(2,3)7-18(16,17)13-9-6-8(10(14)15)4-5-12-9/h4-6H,7H2,1-3H3,(H,12,13)(H,14,15). The van der Waals surface area contributed by atoms with Gasteiger partial charge in [0, 0.05) is 6.20 Å². The number of nitrogens with one attached hydrogen (secondary N) is 1. The van der Waals surface area contributed by atoms with Crippen LogP contribution in [0.1, 0.15) is 31.1 Å². The molecular weight excluding hydrogens is 256 g/mol. The molecule has 7 heteroatoms. The van der Waals surface area contributed by atoms with Crippen molar-refractivity contribution in [1.82, 2.24) is 4.98 Å². The molecule has 0 bridgehead atoms. The van der Waals surface area contributed by atoms with Gasteiger partial charge in [-0.2, -0.15) is 0 Å². The number of carbonyl (C=O) groups is 1. The number of anilines is 1. The molecule has 0 saturated carbocycles. The quantitative estimate of drug-likeness (QED) is 0.867. The fraction of sp³-hybridized carbons (Fsp3) is 0.455. The Kier molecular flexibility index (Phi) is 3.95. The van der Waals surface area contributed by atoms with Gasteiger partial charge in [0.1, 0.15) is 5.82 Å². The molecular formula is C11H16N2O4S. The van der Waals surface area contributed by atoms with Crippen LogP contribution in [0.2, 0.25) is 0 Å². The molecule has 0 saturated heterocycles. The van der Waals surface area contributed by atoms with E-state index in [1.165, 1.54) is 18.3 Å². The zero-order valence-electron chi connectivity index (χ0n) is 10.5. The molecule has 1 heterocycles. The zero-order valence-corrected chi connectivity index (χ0v) is 11.3. The molecule has 6 nitrogen and oxygen atoms in total. The summed E-state index contributed by atoms with van der Waals surface area (Å²) in [6, 6.07) is 2.48. The van der Waals surface area contributed by atoms with Crippen LogP contribution < -0.4 is 4.72 Å². The van der Waals surface area contributed by atoms with Gasteiger partial charge in [0.25, 0.3) is 0 Å². The molecule has 0 amide bonds. The van der Waals surface area contributed by atoms with Gasteiger partial charge in [-0.25, -0.2) is 18.2 Å². The highest BCUT2D eigenvalue weighted by Gasteiger charge is 2.22. The van der Waals surface area contributed by atoms with Crippen molar-refractivity contribution in [2.24, 2.45) is 5.41 Å². The first-order valence-electron chi connectivity index (χ1n) is 5.29. The Morgan fingerprint density at radius 2 is 2.06 bits per heavy atom. The Labute approximate surface area is 106 Å². The normalized spacial score (nSPS) is 12.2. The molecule has 0 aliphatic rings. The van der Waals surface area contributed by atoms with Gasteiger partial charge in [-0.05, 0) is 17.5 Å². The smallest absolute Gasteiger partial charge is 0.335 e. The van der Waals surface area contributed by atoms with Crippen LogP contribution in [-0.4, -0.2) is 30.2 Å². The van der Waals surface area contributed by atoms with E-state index in [1.807, 2.05) is 0 Å². The van der Waals surface area contributed by atoms with Gasteiger partial charge < -0.3 is 5.11 Å². The lowest BCUT2D eigenvalue weighted by Gasteiger charge is -2.18. The maximum absolute atomic E-state index is 11.8. The summed E-state index contributed by atoms with van der Waals surface area (Å²) in [5.41, 5.74) is -0.408. The van der Waals surface area contributed by atoms with Crippen LogP contribution in [0.25, 0.3) is 0 Å². The first-order chi connectivity index (χ1) is 8.09. The summed E-state index contributed by atoms with van der Waals surface area (Å²) in [7, 11) is -3.54. The van der Waals surface area contributed by atoms with Gasteiger partial charge >= 0.3 is 5.97 Å². The molecule has 0 spiro atoms. The van der Waals surface area contributed by atoms with Gasteiger partial charge in [-0.15, -0.1) is 0 Å². The lowest BCUT2D eigenvalue weighted by molar-refractivity contribution is 0.0696. The number of hydrogen-bond acceptors (Lipinski definition) is 4. The van der Waals surface area contributed by atoms with Crippen molar-refractivity contribution in [3.05, 3.63) is 23.9 Å². The number of sulfonamides is 1. The highest BCUT2D eigenvalue weighted by molar-refractivity contribution is 7.92. The van der Waals surface area contributed by atoms with Crippen molar-refractivity contribution in [1.29, 1.82) is 0 Å². The van der Waals surface area contributed by atoms with Crippen molar-refractivity contribution in [2.45, 2.75) is 20.8 Å². The van der Waals surface area contributed by atoms with E-state index in [0.717, 1.165) is 0 Å². The second kappa shape index (κ2) is 4.93. The van der Waals surface area contributed by atoms with E-state index in [0.29, 0.717) is 0 Å². The average molecular weight is 272 g/mol. The average Bonchev–Trinajstić information content (AvgIpc) is 2.12. The summed E-state index contributed by atoms with van der Waals surface area (Å²) in [4.78, 5) is 14.5. The van der Waals surface area contributed by atoms with Crippen LogP contribution in [0.15, 0.2) is 18.3 Å². The molecule has 18 heavy (non-hydrogen) atoms.